The largest absolute Gasteiger partial charge is 0.416 e. The number of likely N-dealkylation sites (tertiary alicyclic amines) is 1. The Hall–Kier alpha value is -2.34. The van der Waals surface area contributed by atoms with E-state index >= 15 is 0 Å². The van der Waals surface area contributed by atoms with E-state index in [1.165, 1.54) is 13.0 Å². The van der Waals surface area contributed by atoms with Gasteiger partial charge in [0.2, 0.25) is 0 Å². The summed E-state index contributed by atoms with van der Waals surface area (Å²) in [7, 11) is 0. The van der Waals surface area contributed by atoms with Gasteiger partial charge in [-0.2, -0.15) is 13.2 Å². The number of hydrogen-bond acceptors (Lipinski definition) is 3. The molecule has 35 heavy (non-hydrogen) atoms. The van der Waals surface area contributed by atoms with Crippen molar-refractivity contribution in [3.05, 3.63) is 69.8 Å². The van der Waals surface area contributed by atoms with Gasteiger partial charge in [-0.3, -0.25) is 4.90 Å². The Kier molecular flexibility index (Phi) is 3.25. The van der Waals surface area contributed by atoms with E-state index in [0.717, 1.165) is 12.1 Å². The first kappa shape index (κ1) is 10.2. The molecule has 0 unspecified atom stereocenters. The fourth-order valence-electron chi connectivity index (χ4n) is 3.37. The number of benzene rings is 2. The molecule has 2 aromatic rings. The van der Waals surface area contributed by atoms with Crippen molar-refractivity contribution in [1.29, 1.82) is 0 Å². The predicted molar refractivity (Wildman–Crippen MR) is 135 cm³/mol. The van der Waals surface area contributed by atoms with E-state index in [1.807, 2.05) is 0 Å². The van der Waals surface area contributed by atoms with Gasteiger partial charge in [0.25, 0.3) is 0 Å². The highest BCUT2D eigenvalue weighted by Gasteiger charge is 2.36. The quantitative estimate of drug-likeness (QED) is 0.270. The molecule has 1 saturated carbocycles. The molecule has 2 aliphatic rings. The molecule has 1 heterocycles. The van der Waals surface area contributed by atoms with E-state index in [1.54, 1.807) is 0 Å². The summed E-state index contributed by atoms with van der Waals surface area (Å²) in [6, 6.07) is 4.55. The normalized spacial score (nSPS) is 42.9. The highest BCUT2D eigenvalue weighted by atomic mass is 19.4. The molecule has 1 aliphatic heterocycles. The average Bonchev–Trinajstić information content (AvgIpc) is 3.03. The van der Waals surface area contributed by atoms with Gasteiger partial charge >= 0.3 is 6.18 Å². The molecule has 0 aromatic heterocycles. The molecule has 3 nitrogen and oxygen atoms in total. The summed E-state index contributed by atoms with van der Waals surface area (Å²) in [6.45, 7) is -10.5. The molecule has 190 valence electrons. The zero-order valence-electron chi connectivity index (χ0n) is 39.8. The molecule has 0 radical (unpaired) electrons. The summed E-state index contributed by atoms with van der Waals surface area (Å²) in [5.74, 6) is -5.94. The number of hydrogen-bond donors (Lipinski definition) is 0. The minimum Gasteiger partial charge on any atom is -0.391 e. The summed E-state index contributed by atoms with van der Waals surface area (Å²) >= 11 is 0. The second kappa shape index (κ2) is 11.2. The van der Waals surface area contributed by atoms with Crippen LogP contribution in [0.25, 0.3) is 0 Å². The first-order valence-corrected chi connectivity index (χ1v) is 10.5. The van der Waals surface area contributed by atoms with Crippen LogP contribution in [0, 0.1) is 5.89 Å². The molecule has 1 aliphatic carbocycles. The zero-order valence-corrected chi connectivity index (χ0v) is 18.8. The van der Waals surface area contributed by atoms with E-state index in [9.17, 15) is 13.2 Å². The predicted octanol–water partition coefficient (Wildman–Crippen LogP) is 7.71. The van der Waals surface area contributed by atoms with Gasteiger partial charge in [0.15, 0.2) is 0 Å². The topological polar surface area (TPSA) is 24.8 Å². The minimum absolute atomic E-state index is 0.112. The number of oxime groups is 1. The number of rotatable bonds is 8. The van der Waals surface area contributed by atoms with E-state index in [-0.39, 0.29) is 22.9 Å². The van der Waals surface area contributed by atoms with Crippen molar-refractivity contribution < 1.29 is 46.8 Å². The SMILES string of the molecule is [2H]C1C([2H])([2H])N(Cc2ccc(/C(C)=N/OC([2H])([2H])c3ccc(C4C([2H])([2H])C([2H])([2H])C([2H])(C)C([2H])([2H])C4([2H])[2H])c(C(F)(F)F)c3)cc2C([2H])([2H])C([2H])([2H])[2H])C1([2H])[2H]. The van der Waals surface area contributed by atoms with Crippen LogP contribution < -0.4 is 0 Å². The smallest absolute Gasteiger partial charge is 0.391 e. The van der Waals surface area contributed by atoms with Gasteiger partial charge in [-0.05, 0) is 97.2 Å². The van der Waals surface area contributed by atoms with Gasteiger partial charge in [-0.15, -0.1) is 0 Å². The van der Waals surface area contributed by atoms with Gasteiger partial charge in [0, 0.05) is 32.6 Å². The fraction of sp³-hybridized carbons (Fsp3) is 0.552. The molecule has 0 N–H and O–H groups in total. The summed E-state index contributed by atoms with van der Waals surface area (Å²) in [4.78, 5) is 5.58. The molecule has 0 amide bonds. The standard InChI is InChI=1S/C29H37F3N2O/c1-4-23-17-25(11-12-26(23)18-34-14-5-15-34)21(3)33-35-19-22-8-13-27(28(16-22)29(30,31)32)24-9-6-20(2)7-10-24/h8,11-13,16-17,20,24H,4-7,9-10,14-15,18-19H2,1-3H3/b33-21+/i1D3,4D2,5D,6D2,7D2,9D2,10D2,14D2,15D2,19D2,20D. The van der Waals surface area contributed by atoms with Crippen molar-refractivity contribution in [2.75, 3.05) is 13.0 Å². The van der Waals surface area contributed by atoms with Gasteiger partial charge in [-0.25, -0.2) is 0 Å². The van der Waals surface area contributed by atoms with Gasteiger partial charge in [0.1, 0.15) is 6.56 Å². The highest BCUT2D eigenvalue weighted by molar-refractivity contribution is 5.98. The Morgan fingerprint density at radius 3 is 2.66 bits per heavy atom. The molecular formula is C29H37F3N2O. The molecule has 0 spiro atoms. The number of nitrogens with zero attached hydrogens (tertiary/aromatic N) is 2. The van der Waals surface area contributed by atoms with Gasteiger partial charge in [-0.1, -0.05) is 55.9 Å². The molecule has 4 rings (SSSR count). The van der Waals surface area contributed by atoms with Crippen LogP contribution in [0.1, 0.15) is 121 Å². The Morgan fingerprint density at radius 1 is 1.17 bits per heavy atom. The maximum absolute atomic E-state index is 14.6. The van der Waals surface area contributed by atoms with Crippen LogP contribution in [0.5, 0.6) is 0 Å². The van der Waals surface area contributed by atoms with Crippen LogP contribution >= 0.6 is 0 Å². The van der Waals surface area contributed by atoms with Gasteiger partial charge < -0.3 is 4.84 Å². The summed E-state index contributed by atoms with van der Waals surface area (Å²) in [5, 5.41) is 3.61. The van der Waals surface area contributed by atoms with Crippen molar-refractivity contribution in [2.24, 2.45) is 11.0 Å². The Balaban J connectivity index is 1.77. The lowest BCUT2D eigenvalue weighted by molar-refractivity contribution is -0.138. The molecule has 0 bridgehead atoms. The van der Waals surface area contributed by atoms with Crippen LogP contribution in [0.2, 0.25) is 0 Å². The first-order chi connectivity index (χ1) is 24.7. The molecule has 2 aromatic carbocycles. The van der Waals surface area contributed by atoms with Crippen molar-refractivity contribution in [3.8, 4) is 0 Å². The third-order valence-electron chi connectivity index (χ3n) is 5.26. The van der Waals surface area contributed by atoms with E-state index in [4.69, 9.17) is 33.6 Å². The summed E-state index contributed by atoms with van der Waals surface area (Å²) in [5.41, 5.74) is -5.19. The Bertz CT molecular complexity index is 1840. The summed E-state index contributed by atoms with van der Waals surface area (Å²) in [6.07, 6.45) is -24.8. The van der Waals surface area contributed by atoms with Crippen molar-refractivity contribution in [1.82, 2.24) is 4.90 Å². The lowest BCUT2D eigenvalue weighted by atomic mass is 9.78. The lowest BCUT2D eigenvalue weighted by Crippen LogP contribution is -2.36. The Morgan fingerprint density at radius 2 is 1.94 bits per heavy atom. The lowest BCUT2D eigenvalue weighted by Gasteiger charge is -2.31. The molecular weight excluding hydrogens is 449 g/mol. The van der Waals surface area contributed by atoms with Crippen LogP contribution in [0.4, 0.5) is 13.2 Å². The number of alkyl halides is 3. The Labute approximate surface area is 236 Å². The van der Waals surface area contributed by atoms with Crippen LogP contribution in [-0.2, 0) is 30.5 Å². The van der Waals surface area contributed by atoms with Crippen LogP contribution in [0.15, 0.2) is 41.6 Å². The monoisotopic (exact) mass is 507 g/mol. The van der Waals surface area contributed by atoms with Gasteiger partial charge in [0.05, 0.1) is 14.0 Å². The number of halogens is 3. The number of aryl methyl sites for hydroxylation is 1. The third kappa shape index (κ3) is 6.46. The molecule has 6 heteroatoms. The maximum atomic E-state index is 14.6. The van der Waals surface area contributed by atoms with Crippen molar-refractivity contribution in [2.45, 2.75) is 84.2 Å². The highest BCUT2D eigenvalue weighted by Crippen LogP contribution is 2.42. The first-order valence-electron chi connectivity index (χ1n) is 21.0. The van der Waals surface area contributed by atoms with Crippen molar-refractivity contribution >= 4 is 5.71 Å². The van der Waals surface area contributed by atoms with Crippen LogP contribution in [0.3, 0.4) is 0 Å². The van der Waals surface area contributed by atoms with E-state index < -0.39 is 111 Å². The van der Waals surface area contributed by atoms with E-state index in [2.05, 4.69) is 5.16 Å². The second-order valence-corrected chi connectivity index (χ2v) is 7.75. The average molecular weight is 508 g/mol. The summed E-state index contributed by atoms with van der Waals surface area (Å²) < 4.78 is 216. The third-order valence-corrected chi connectivity index (χ3v) is 5.26. The molecule has 2 fully saturated rings. The zero-order chi connectivity index (χ0) is 43.6. The minimum atomic E-state index is -5.48. The van der Waals surface area contributed by atoms with E-state index in [0.29, 0.717) is 24.0 Å². The van der Waals surface area contributed by atoms with Crippen LogP contribution in [-0.4, -0.2) is 23.6 Å². The second-order valence-electron chi connectivity index (χ2n) is 7.75. The molecule has 1 saturated heterocycles. The maximum Gasteiger partial charge on any atom is 0.416 e. The fourth-order valence-corrected chi connectivity index (χ4v) is 3.37. The molecule has 0 atom stereocenters. The van der Waals surface area contributed by atoms with Crippen molar-refractivity contribution in [3.63, 3.8) is 0 Å².